The van der Waals surface area contributed by atoms with Crippen LogP contribution in [-0.4, -0.2) is 9.55 Å². The first-order valence-electron chi connectivity index (χ1n) is 5.47. The fraction of sp³-hybridized carbons (Fsp3) is 0.250. The van der Waals surface area contributed by atoms with E-state index < -0.39 is 11.6 Å². The van der Waals surface area contributed by atoms with Gasteiger partial charge >= 0.3 is 0 Å². The number of nitrogens with two attached hydrogens (primary N) is 1. The number of rotatable bonds is 4. The first kappa shape index (κ1) is 12.7. The summed E-state index contributed by atoms with van der Waals surface area (Å²) in [5.41, 5.74) is 4.01. The quantitative estimate of drug-likeness (QED) is 0.639. The molecule has 0 bridgehead atoms. The molecular formula is C12H14F2N4. The van der Waals surface area contributed by atoms with E-state index in [1.807, 2.05) is 7.05 Å². The summed E-state index contributed by atoms with van der Waals surface area (Å²) < 4.78 is 28.0. The van der Waals surface area contributed by atoms with E-state index in [9.17, 15) is 8.78 Å². The minimum Gasteiger partial charge on any atom is -0.336 e. The smallest absolute Gasteiger partial charge is 0.126 e. The van der Waals surface area contributed by atoms with Gasteiger partial charge < -0.3 is 4.57 Å². The van der Waals surface area contributed by atoms with Crippen LogP contribution in [-0.2, 0) is 13.5 Å². The number of hydrogen-bond acceptors (Lipinski definition) is 3. The van der Waals surface area contributed by atoms with Crippen LogP contribution in [0.25, 0.3) is 0 Å². The molecule has 0 fully saturated rings. The van der Waals surface area contributed by atoms with Crippen molar-refractivity contribution in [3.8, 4) is 0 Å². The maximum atomic E-state index is 13.1. The molecule has 1 aromatic heterocycles. The van der Waals surface area contributed by atoms with Gasteiger partial charge in [-0.1, -0.05) is 0 Å². The van der Waals surface area contributed by atoms with E-state index in [1.54, 1.807) is 17.1 Å². The van der Waals surface area contributed by atoms with E-state index >= 15 is 0 Å². The highest BCUT2D eigenvalue weighted by Gasteiger charge is 2.14. The van der Waals surface area contributed by atoms with E-state index in [4.69, 9.17) is 5.84 Å². The number of aromatic nitrogens is 2. The second-order valence-electron chi connectivity index (χ2n) is 4.13. The molecule has 0 amide bonds. The molecule has 0 aliphatic rings. The van der Waals surface area contributed by atoms with Gasteiger partial charge in [0.2, 0.25) is 0 Å². The highest BCUT2D eigenvalue weighted by molar-refractivity contribution is 5.21. The zero-order valence-electron chi connectivity index (χ0n) is 9.90. The lowest BCUT2D eigenvalue weighted by Gasteiger charge is -2.16. The van der Waals surface area contributed by atoms with Crippen molar-refractivity contribution in [2.75, 3.05) is 0 Å². The average molecular weight is 252 g/mol. The van der Waals surface area contributed by atoms with E-state index in [0.29, 0.717) is 12.0 Å². The van der Waals surface area contributed by atoms with E-state index in [-0.39, 0.29) is 6.04 Å². The fourth-order valence-electron chi connectivity index (χ4n) is 1.92. The van der Waals surface area contributed by atoms with Crippen LogP contribution >= 0.6 is 0 Å². The summed E-state index contributed by atoms with van der Waals surface area (Å²) in [7, 11) is 1.83. The SMILES string of the molecule is Cn1cncc1C(Cc1cc(F)cc(F)c1)NN. The van der Waals surface area contributed by atoms with Crippen molar-refractivity contribution in [2.24, 2.45) is 12.9 Å². The molecule has 0 spiro atoms. The Morgan fingerprint density at radius 3 is 2.50 bits per heavy atom. The zero-order chi connectivity index (χ0) is 13.1. The number of halogens is 2. The van der Waals surface area contributed by atoms with Gasteiger partial charge in [0.15, 0.2) is 0 Å². The predicted octanol–water partition coefficient (Wildman–Crippen LogP) is 1.45. The molecule has 1 unspecified atom stereocenters. The lowest BCUT2D eigenvalue weighted by Crippen LogP contribution is -2.31. The Kier molecular flexibility index (Phi) is 3.69. The Labute approximate surface area is 103 Å². The summed E-state index contributed by atoms with van der Waals surface area (Å²) in [6, 6.07) is 3.19. The van der Waals surface area contributed by atoms with Crippen molar-refractivity contribution >= 4 is 0 Å². The lowest BCUT2D eigenvalue weighted by atomic mass is 10.0. The second-order valence-corrected chi connectivity index (χ2v) is 4.13. The Balaban J connectivity index is 2.23. The molecule has 0 aliphatic heterocycles. The van der Waals surface area contributed by atoms with Crippen LogP contribution in [0.3, 0.4) is 0 Å². The number of benzene rings is 1. The van der Waals surface area contributed by atoms with Crippen LogP contribution < -0.4 is 11.3 Å². The number of hydrazine groups is 1. The van der Waals surface area contributed by atoms with Crippen molar-refractivity contribution in [1.29, 1.82) is 0 Å². The number of hydrogen-bond donors (Lipinski definition) is 2. The summed E-state index contributed by atoms with van der Waals surface area (Å²) in [5, 5.41) is 0. The van der Waals surface area contributed by atoms with Crippen molar-refractivity contribution < 1.29 is 8.78 Å². The second kappa shape index (κ2) is 5.24. The van der Waals surface area contributed by atoms with Crippen LogP contribution in [0, 0.1) is 11.6 Å². The van der Waals surface area contributed by atoms with Gasteiger partial charge in [0.1, 0.15) is 11.6 Å². The molecule has 1 aromatic carbocycles. The highest BCUT2D eigenvalue weighted by atomic mass is 19.1. The molecule has 0 aliphatic carbocycles. The number of imidazole rings is 1. The normalized spacial score (nSPS) is 12.7. The number of nitrogens with one attached hydrogen (secondary N) is 1. The van der Waals surface area contributed by atoms with Gasteiger partial charge in [-0.05, 0) is 24.1 Å². The molecule has 0 radical (unpaired) electrons. The van der Waals surface area contributed by atoms with Crippen LogP contribution in [0.2, 0.25) is 0 Å². The Bertz CT molecular complexity index is 518. The van der Waals surface area contributed by atoms with Crippen molar-refractivity contribution in [3.63, 3.8) is 0 Å². The van der Waals surface area contributed by atoms with E-state index in [0.717, 1.165) is 11.8 Å². The van der Waals surface area contributed by atoms with Crippen molar-refractivity contribution in [1.82, 2.24) is 15.0 Å². The van der Waals surface area contributed by atoms with Crippen molar-refractivity contribution in [3.05, 3.63) is 53.6 Å². The lowest BCUT2D eigenvalue weighted by molar-refractivity contribution is 0.515. The van der Waals surface area contributed by atoms with Gasteiger partial charge in [0.05, 0.1) is 18.1 Å². The maximum Gasteiger partial charge on any atom is 0.126 e. The monoisotopic (exact) mass is 252 g/mol. The molecular weight excluding hydrogens is 238 g/mol. The molecule has 6 heteroatoms. The van der Waals surface area contributed by atoms with Gasteiger partial charge in [0, 0.05) is 19.3 Å². The third-order valence-corrected chi connectivity index (χ3v) is 2.77. The minimum atomic E-state index is -0.592. The van der Waals surface area contributed by atoms with Crippen LogP contribution in [0.4, 0.5) is 8.78 Å². The average Bonchev–Trinajstić information content (AvgIpc) is 2.71. The summed E-state index contributed by atoms with van der Waals surface area (Å²) >= 11 is 0. The number of aryl methyl sites for hydroxylation is 1. The summed E-state index contributed by atoms with van der Waals surface area (Å²) in [4.78, 5) is 3.99. The molecule has 0 saturated heterocycles. The third-order valence-electron chi connectivity index (χ3n) is 2.77. The minimum absolute atomic E-state index is 0.251. The third kappa shape index (κ3) is 2.72. The molecule has 18 heavy (non-hydrogen) atoms. The number of nitrogens with zero attached hydrogens (tertiary/aromatic N) is 2. The standard InChI is InChI=1S/C12H14F2N4/c1-18-7-16-6-12(18)11(17-15)4-8-2-9(13)5-10(14)3-8/h2-3,5-7,11,17H,4,15H2,1H3. The molecule has 1 heterocycles. The first-order chi connectivity index (χ1) is 8.60. The zero-order valence-corrected chi connectivity index (χ0v) is 9.90. The largest absolute Gasteiger partial charge is 0.336 e. The van der Waals surface area contributed by atoms with Gasteiger partial charge in [-0.3, -0.25) is 11.3 Å². The molecule has 4 nitrogen and oxygen atoms in total. The molecule has 2 rings (SSSR count). The maximum absolute atomic E-state index is 13.1. The fourth-order valence-corrected chi connectivity index (χ4v) is 1.92. The Morgan fingerprint density at radius 2 is 2.00 bits per heavy atom. The molecule has 96 valence electrons. The van der Waals surface area contributed by atoms with Crippen LogP contribution in [0.15, 0.2) is 30.7 Å². The topological polar surface area (TPSA) is 55.9 Å². The molecule has 3 N–H and O–H groups in total. The summed E-state index contributed by atoms with van der Waals surface area (Å²) in [6.45, 7) is 0. The van der Waals surface area contributed by atoms with E-state index in [2.05, 4.69) is 10.4 Å². The van der Waals surface area contributed by atoms with Gasteiger partial charge in [-0.25, -0.2) is 13.8 Å². The van der Waals surface area contributed by atoms with E-state index in [1.165, 1.54) is 12.1 Å². The first-order valence-corrected chi connectivity index (χ1v) is 5.47. The van der Waals surface area contributed by atoms with Gasteiger partial charge in [-0.15, -0.1) is 0 Å². The highest BCUT2D eigenvalue weighted by Crippen LogP contribution is 2.18. The van der Waals surface area contributed by atoms with Crippen LogP contribution in [0.5, 0.6) is 0 Å². The summed E-state index contributed by atoms with van der Waals surface area (Å²) in [6.07, 6.45) is 3.69. The van der Waals surface area contributed by atoms with Crippen molar-refractivity contribution in [2.45, 2.75) is 12.5 Å². The van der Waals surface area contributed by atoms with Gasteiger partial charge in [-0.2, -0.15) is 0 Å². The molecule has 0 saturated carbocycles. The predicted molar refractivity (Wildman–Crippen MR) is 63.3 cm³/mol. The molecule has 1 atom stereocenters. The van der Waals surface area contributed by atoms with Gasteiger partial charge in [0.25, 0.3) is 0 Å². The summed E-state index contributed by atoms with van der Waals surface area (Å²) in [5.74, 6) is 4.29. The Hall–Kier alpha value is -1.79. The molecule has 2 aromatic rings. The van der Waals surface area contributed by atoms with Crippen LogP contribution in [0.1, 0.15) is 17.3 Å². The Morgan fingerprint density at radius 1 is 1.33 bits per heavy atom.